The number of ether oxygens (including phenoxy) is 1. The monoisotopic (exact) mass is 248 g/mol. The van der Waals surface area contributed by atoms with Crippen LogP contribution in [0.3, 0.4) is 0 Å². The quantitative estimate of drug-likeness (QED) is 0.776. The van der Waals surface area contributed by atoms with Crippen molar-refractivity contribution in [3.05, 3.63) is 24.7 Å². The van der Waals surface area contributed by atoms with Crippen LogP contribution < -0.4 is 4.74 Å². The largest absolute Gasteiger partial charge is 0.481 e. The molecule has 2 heterocycles. The lowest BCUT2D eigenvalue weighted by molar-refractivity contribution is 0.392. The van der Waals surface area contributed by atoms with Gasteiger partial charge in [0.25, 0.3) is 0 Å². The van der Waals surface area contributed by atoms with E-state index in [2.05, 4.69) is 19.5 Å². The van der Waals surface area contributed by atoms with Crippen molar-refractivity contribution in [3.63, 3.8) is 0 Å². The van der Waals surface area contributed by atoms with Gasteiger partial charge in [-0.1, -0.05) is 0 Å². The molecule has 0 aliphatic heterocycles. The summed E-state index contributed by atoms with van der Waals surface area (Å²) in [6.45, 7) is 0. The third kappa shape index (κ3) is 2.26. The Hall–Kier alpha value is -1.56. The molecule has 0 N–H and O–H groups in total. The smallest absolute Gasteiger partial charge is 0.217 e. The van der Waals surface area contributed by atoms with E-state index in [0.29, 0.717) is 17.1 Å². The van der Waals surface area contributed by atoms with Gasteiger partial charge in [0.1, 0.15) is 0 Å². The zero-order valence-corrected chi connectivity index (χ0v) is 10.2. The molecule has 0 unspecified atom stereocenters. The average molecular weight is 248 g/mol. The summed E-state index contributed by atoms with van der Waals surface area (Å²) in [6.07, 6.45) is 8.01. The first-order valence-electron chi connectivity index (χ1n) is 5.44. The van der Waals surface area contributed by atoms with E-state index in [9.17, 15) is 0 Å². The van der Waals surface area contributed by atoms with Gasteiger partial charge in [0.15, 0.2) is 10.3 Å². The third-order valence-electron chi connectivity index (χ3n) is 2.57. The topological polar surface area (TPSA) is 52.8 Å². The first kappa shape index (κ1) is 10.6. The average Bonchev–Trinajstić information content (AvgIpc) is 3.11. The SMILES string of the molecule is COc1ccnc(Sc2nccn2C2CC2)n1. The standard InChI is InChI=1S/C11H12N4OS/c1-16-9-4-5-12-10(14-9)17-11-13-6-7-15(11)8-2-3-8/h4-8H,2-3H2,1H3. The van der Waals surface area contributed by atoms with Crippen molar-refractivity contribution >= 4 is 11.8 Å². The molecule has 2 aromatic rings. The summed E-state index contributed by atoms with van der Waals surface area (Å²) in [4.78, 5) is 12.8. The van der Waals surface area contributed by atoms with E-state index in [1.54, 1.807) is 19.4 Å². The second-order valence-electron chi connectivity index (χ2n) is 3.83. The van der Waals surface area contributed by atoms with Crippen LogP contribution in [0.2, 0.25) is 0 Å². The molecule has 0 amide bonds. The molecule has 0 atom stereocenters. The number of hydrogen-bond donors (Lipinski definition) is 0. The molecule has 0 spiro atoms. The predicted molar refractivity (Wildman–Crippen MR) is 63.2 cm³/mol. The molecule has 1 fully saturated rings. The number of aromatic nitrogens is 4. The number of methoxy groups -OCH3 is 1. The molecule has 0 bridgehead atoms. The summed E-state index contributed by atoms with van der Waals surface area (Å²) in [5, 5.41) is 1.61. The van der Waals surface area contributed by atoms with Crippen molar-refractivity contribution in [3.8, 4) is 5.88 Å². The summed E-state index contributed by atoms with van der Waals surface area (Å²) >= 11 is 1.47. The zero-order valence-electron chi connectivity index (χ0n) is 9.41. The summed E-state index contributed by atoms with van der Waals surface area (Å²) in [6, 6.07) is 2.35. The Bertz CT molecular complexity index is 524. The van der Waals surface area contributed by atoms with Gasteiger partial charge in [-0.3, -0.25) is 0 Å². The molecule has 1 aliphatic rings. The molecule has 17 heavy (non-hydrogen) atoms. The van der Waals surface area contributed by atoms with Crippen molar-refractivity contribution < 1.29 is 4.74 Å². The summed E-state index contributed by atoms with van der Waals surface area (Å²) < 4.78 is 7.26. The van der Waals surface area contributed by atoms with Crippen molar-refractivity contribution in [1.82, 2.24) is 19.5 Å². The van der Waals surface area contributed by atoms with Gasteiger partial charge in [-0.2, -0.15) is 4.98 Å². The minimum Gasteiger partial charge on any atom is -0.481 e. The van der Waals surface area contributed by atoms with Crippen LogP contribution in [0, 0.1) is 0 Å². The van der Waals surface area contributed by atoms with Crippen LogP contribution in [0.25, 0.3) is 0 Å². The van der Waals surface area contributed by atoms with Crippen LogP contribution in [0.15, 0.2) is 35.0 Å². The van der Waals surface area contributed by atoms with Crippen LogP contribution in [0.4, 0.5) is 0 Å². The van der Waals surface area contributed by atoms with E-state index in [1.807, 2.05) is 12.4 Å². The van der Waals surface area contributed by atoms with Gasteiger partial charge in [-0.15, -0.1) is 0 Å². The van der Waals surface area contributed by atoms with Crippen LogP contribution in [0.5, 0.6) is 5.88 Å². The molecule has 0 aromatic carbocycles. The molecule has 6 heteroatoms. The molecule has 0 radical (unpaired) electrons. The number of hydrogen-bond acceptors (Lipinski definition) is 5. The van der Waals surface area contributed by atoms with Crippen LogP contribution >= 0.6 is 11.8 Å². The minimum atomic E-state index is 0.576. The van der Waals surface area contributed by atoms with Crippen LogP contribution in [-0.2, 0) is 0 Å². The van der Waals surface area contributed by atoms with Gasteiger partial charge in [-0.05, 0) is 24.6 Å². The highest BCUT2D eigenvalue weighted by Crippen LogP contribution is 2.38. The molecule has 3 rings (SSSR count). The number of imidazole rings is 1. The maximum Gasteiger partial charge on any atom is 0.217 e. The Morgan fingerprint density at radius 2 is 2.24 bits per heavy atom. The Labute approximate surface area is 103 Å². The second-order valence-corrected chi connectivity index (χ2v) is 4.77. The van der Waals surface area contributed by atoms with Crippen LogP contribution in [-0.4, -0.2) is 26.6 Å². The molecule has 1 aliphatic carbocycles. The van der Waals surface area contributed by atoms with Gasteiger partial charge in [-0.25, -0.2) is 9.97 Å². The highest BCUT2D eigenvalue weighted by atomic mass is 32.2. The molecule has 88 valence electrons. The van der Waals surface area contributed by atoms with Crippen molar-refractivity contribution in [2.45, 2.75) is 29.2 Å². The molecular formula is C11H12N4OS. The summed E-state index contributed by atoms with van der Waals surface area (Å²) in [5.74, 6) is 0.576. The number of rotatable bonds is 4. The van der Waals surface area contributed by atoms with Crippen LogP contribution in [0.1, 0.15) is 18.9 Å². The highest BCUT2D eigenvalue weighted by Gasteiger charge is 2.26. The first-order valence-corrected chi connectivity index (χ1v) is 6.26. The number of nitrogens with zero attached hydrogens (tertiary/aromatic N) is 4. The Kier molecular flexibility index (Phi) is 2.72. The van der Waals surface area contributed by atoms with Crippen molar-refractivity contribution in [1.29, 1.82) is 0 Å². The van der Waals surface area contributed by atoms with Gasteiger partial charge in [0.2, 0.25) is 5.88 Å². The summed E-state index contributed by atoms with van der Waals surface area (Å²) in [5.41, 5.74) is 0. The van der Waals surface area contributed by atoms with E-state index in [-0.39, 0.29) is 0 Å². The Morgan fingerprint density at radius 3 is 3.00 bits per heavy atom. The van der Waals surface area contributed by atoms with Gasteiger partial charge in [0, 0.05) is 30.7 Å². The van der Waals surface area contributed by atoms with Crippen molar-refractivity contribution in [2.24, 2.45) is 0 Å². The zero-order chi connectivity index (χ0) is 11.7. The van der Waals surface area contributed by atoms with E-state index in [1.165, 1.54) is 24.6 Å². The maximum absolute atomic E-state index is 5.07. The van der Waals surface area contributed by atoms with Gasteiger partial charge >= 0.3 is 0 Å². The van der Waals surface area contributed by atoms with E-state index < -0.39 is 0 Å². The maximum atomic E-state index is 5.07. The molecule has 0 saturated heterocycles. The normalized spacial score (nSPS) is 14.9. The highest BCUT2D eigenvalue weighted by molar-refractivity contribution is 7.99. The minimum absolute atomic E-state index is 0.576. The molecular weight excluding hydrogens is 236 g/mol. The fourth-order valence-corrected chi connectivity index (χ4v) is 2.42. The lowest BCUT2D eigenvalue weighted by Gasteiger charge is -2.04. The Morgan fingerprint density at radius 1 is 1.35 bits per heavy atom. The molecule has 2 aromatic heterocycles. The van der Waals surface area contributed by atoms with E-state index >= 15 is 0 Å². The molecule has 5 nitrogen and oxygen atoms in total. The summed E-state index contributed by atoms with van der Waals surface area (Å²) in [7, 11) is 1.60. The van der Waals surface area contributed by atoms with Crippen molar-refractivity contribution in [2.75, 3.05) is 7.11 Å². The second kappa shape index (κ2) is 4.37. The predicted octanol–water partition coefficient (Wildman–Crippen LogP) is 2.17. The van der Waals surface area contributed by atoms with E-state index in [0.717, 1.165) is 5.16 Å². The molecule has 1 saturated carbocycles. The third-order valence-corrected chi connectivity index (χ3v) is 3.45. The van der Waals surface area contributed by atoms with Gasteiger partial charge in [0.05, 0.1) is 7.11 Å². The lowest BCUT2D eigenvalue weighted by atomic mass is 10.6. The fraction of sp³-hybridized carbons (Fsp3) is 0.364. The lowest BCUT2D eigenvalue weighted by Crippen LogP contribution is -1.96. The van der Waals surface area contributed by atoms with Gasteiger partial charge < -0.3 is 9.30 Å². The van der Waals surface area contributed by atoms with E-state index in [4.69, 9.17) is 4.74 Å². The first-order chi connectivity index (χ1) is 8.36. The fourth-order valence-electron chi connectivity index (χ4n) is 1.58. The Balaban J connectivity index is 1.83.